The Morgan fingerprint density at radius 2 is 1.87 bits per heavy atom. The molecule has 1 unspecified atom stereocenters. The third kappa shape index (κ3) is 4.83. The summed E-state index contributed by atoms with van der Waals surface area (Å²) in [7, 11) is 0. The minimum Gasteiger partial charge on any atom is -0.393 e. The second-order valence-corrected chi connectivity index (χ2v) is 5.15. The predicted molar refractivity (Wildman–Crippen MR) is 70.7 cm³/mol. The first kappa shape index (κ1) is 12.8. The average molecular weight is 262 g/mol. The lowest BCUT2D eigenvalue weighted by atomic mass is 9.98. The molecule has 82 valence electrons. The van der Waals surface area contributed by atoms with Gasteiger partial charge in [0.1, 0.15) is 0 Å². The SMILES string of the molecule is CC(CC(N)=S)Cc1cc(Cl)cc(Cl)c1. The van der Waals surface area contributed by atoms with Gasteiger partial charge >= 0.3 is 0 Å². The molecule has 0 aromatic heterocycles. The minimum absolute atomic E-state index is 0.414. The highest BCUT2D eigenvalue weighted by Crippen LogP contribution is 2.21. The van der Waals surface area contributed by atoms with Crippen LogP contribution in [-0.2, 0) is 6.42 Å². The molecule has 0 bridgehead atoms. The number of hydrogen-bond acceptors (Lipinski definition) is 1. The van der Waals surface area contributed by atoms with Crippen molar-refractivity contribution in [3.05, 3.63) is 33.8 Å². The summed E-state index contributed by atoms with van der Waals surface area (Å²) in [6.45, 7) is 2.11. The molecule has 0 amide bonds. The average Bonchev–Trinajstić information content (AvgIpc) is 1.98. The quantitative estimate of drug-likeness (QED) is 0.834. The first-order valence-corrected chi connectivity index (χ1v) is 5.87. The second-order valence-electron chi connectivity index (χ2n) is 3.76. The van der Waals surface area contributed by atoms with E-state index in [1.54, 1.807) is 6.07 Å². The molecule has 0 aliphatic rings. The Morgan fingerprint density at radius 3 is 2.33 bits per heavy atom. The van der Waals surface area contributed by atoms with E-state index in [0.717, 1.165) is 18.4 Å². The van der Waals surface area contributed by atoms with Crippen LogP contribution in [0.15, 0.2) is 18.2 Å². The summed E-state index contributed by atoms with van der Waals surface area (Å²) in [5.41, 5.74) is 6.61. The van der Waals surface area contributed by atoms with E-state index < -0.39 is 0 Å². The van der Waals surface area contributed by atoms with Gasteiger partial charge in [-0.15, -0.1) is 0 Å². The molecule has 1 nitrogen and oxygen atoms in total. The van der Waals surface area contributed by atoms with Crippen LogP contribution in [0.4, 0.5) is 0 Å². The van der Waals surface area contributed by atoms with E-state index in [1.807, 2.05) is 12.1 Å². The fraction of sp³-hybridized carbons (Fsp3) is 0.364. The summed E-state index contributed by atoms with van der Waals surface area (Å²) in [4.78, 5) is 0.552. The van der Waals surface area contributed by atoms with Crippen LogP contribution in [0.25, 0.3) is 0 Å². The Hall–Kier alpha value is -0.310. The van der Waals surface area contributed by atoms with Gasteiger partial charge in [0.05, 0.1) is 4.99 Å². The van der Waals surface area contributed by atoms with Crippen molar-refractivity contribution in [1.29, 1.82) is 0 Å². The van der Waals surface area contributed by atoms with Crippen LogP contribution in [0.2, 0.25) is 10.0 Å². The van der Waals surface area contributed by atoms with Crippen LogP contribution in [0, 0.1) is 5.92 Å². The minimum atomic E-state index is 0.414. The molecule has 0 spiro atoms. The van der Waals surface area contributed by atoms with Crippen LogP contribution in [0.5, 0.6) is 0 Å². The van der Waals surface area contributed by atoms with Crippen LogP contribution >= 0.6 is 35.4 Å². The van der Waals surface area contributed by atoms with Crippen LogP contribution in [-0.4, -0.2) is 4.99 Å². The van der Waals surface area contributed by atoms with E-state index in [2.05, 4.69) is 6.92 Å². The fourth-order valence-corrected chi connectivity index (χ4v) is 2.40. The molecule has 0 saturated carbocycles. The highest BCUT2D eigenvalue weighted by Gasteiger charge is 2.06. The second kappa shape index (κ2) is 5.69. The molecular formula is C11H13Cl2NS. The number of thiocarbonyl (C=S) groups is 1. The largest absolute Gasteiger partial charge is 0.393 e. The normalized spacial score (nSPS) is 12.5. The smallest absolute Gasteiger partial charge is 0.0730 e. The summed E-state index contributed by atoms with van der Waals surface area (Å²) < 4.78 is 0. The van der Waals surface area contributed by atoms with Crippen molar-refractivity contribution in [2.24, 2.45) is 11.7 Å². The lowest BCUT2D eigenvalue weighted by molar-refractivity contribution is 0.607. The standard InChI is InChI=1S/C11H13Cl2NS/c1-7(3-11(14)15)2-8-4-9(12)6-10(13)5-8/h4-7H,2-3H2,1H3,(H2,14,15). The zero-order valence-corrected chi connectivity index (χ0v) is 10.8. The number of rotatable bonds is 4. The summed E-state index contributed by atoms with van der Waals surface area (Å²) in [6, 6.07) is 5.57. The molecule has 15 heavy (non-hydrogen) atoms. The monoisotopic (exact) mass is 261 g/mol. The van der Waals surface area contributed by atoms with Gasteiger partial charge in [-0.25, -0.2) is 0 Å². The predicted octanol–water partition coefficient (Wildman–Crippen LogP) is 3.85. The first-order valence-electron chi connectivity index (χ1n) is 4.70. The van der Waals surface area contributed by atoms with Gasteiger partial charge in [0.25, 0.3) is 0 Å². The van der Waals surface area contributed by atoms with E-state index >= 15 is 0 Å². The van der Waals surface area contributed by atoms with Crippen molar-refractivity contribution in [3.63, 3.8) is 0 Å². The summed E-state index contributed by atoms with van der Waals surface area (Å²) in [6.07, 6.45) is 1.64. The molecule has 1 aromatic carbocycles. The third-order valence-electron chi connectivity index (χ3n) is 2.06. The Bertz CT molecular complexity index is 345. The topological polar surface area (TPSA) is 26.0 Å². The van der Waals surface area contributed by atoms with E-state index in [4.69, 9.17) is 41.2 Å². The molecule has 0 aliphatic heterocycles. The van der Waals surface area contributed by atoms with Gasteiger partial charge in [-0.1, -0.05) is 42.3 Å². The number of nitrogens with two attached hydrogens (primary N) is 1. The van der Waals surface area contributed by atoms with Crippen molar-refractivity contribution >= 4 is 40.4 Å². The molecular weight excluding hydrogens is 249 g/mol. The van der Waals surface area contributed by atoms with E-state index in [1.165, 1.54) is 0 Å². The van der Waals surface area contributed by atoms with Gasteiger partial charge in [0.2, 0.25) is 0 Å². The molecule has 4 heteroatoms. The van der Waals surface area contributed by atoms with Crippen LogP contribution < -0.4 is 5.73 Å². The van der Waals surface area contributed by atoms with Gasteiger partial charge in [0.15, 0.2) is 0 Å². The molecule has 2 N–H and O–H groups in total. The highest BCUT2D eigenvalue weighted by atomic mass is 35.5. The van der Waals surface area contributed by atoms with E-state index in [-0.39, 0.29) is 0 Å². The van der Waals surface area contributed by atoms with Crippen LogP contribution in [0.3, 0.4) is 0 Å². The Balaban J connectivity index is 2.67. The number of halogens is 2. The number of hydrogen-bond donors (Lipinski definition) is 1. The Kier molecular flexibility index (Phi) is 4.84. The van der Waals surface area contributed by atoms with Gasteiger partial charge in [-0.2, -0.15) is 0 Å². The van der Waals surface area contributed by atoms with Crippen molar-refractivity contribution in [2.75, 3.05) is 0 Å². The van der Waals surface area contributed by atoms with Gasteiger partial charge in [0, 0.05) is 16.5 Å². The van der Waals surface area contributed by atoms with Gasteiger partial charge in [-0.05, 0) is 36.1 Å². The molecule has 0 radical (unpaired) electrons. The van der Waals surface area contributed by atoms with Crippen molar-refractivity contribution in [1.82, 2.24) is 0 Å². The molecule has 1 atom stereocenters. The summed E-state index contributed by atoms with van der Waals surface area (Å²) in [5.74, 6) is 0.414. The third-order valence-corrected chi connectivity index (χ3v) is 2.66. The zero-order valence-electron chi connectivity index (χ0n) is 8.47. The number of benzene rings is 1. The maximum Gasteiger partial charge on any atom is 0.0730 e. The maximum atomic E-state index is 5.90. The molecule has 0 aliphatic carbocycles. The lowest BCUT2D eigenvalue weighted by Gasteiger charge is -2.10. The summed E-state index contributed by atoms with van der Waals surface area (Å²) in [5, 5.41) is 1.33. The Morgan fingerprint density at radius 1 is 1.33 bits per heavy atom. The highest BCUT2D eigenvalue weighted by molar-refractivity contribution is 7.80. The van der Waals surface area contributed by atoms with Crippen molar-refractivity contribution in [3.8, 4) is 0 Å². The molecule has 0 heterocycles. The van der Waals surface area contributed by atoms with E-state index in [9.17, 15) is 0 Å². The molecule has 1 aromatic rings. The van der Waals surface area contributed by atoms with Crippen LogP contribution in [0.1, 0.15) is 18.9 Å². The van der Waals surface area contributed by atoms with Crippen molar-refractivity contribution in [2.45, 2.75) is 19.8 Å². The fourth-order valence-electron chi connectivity index (χ4n) is 1.55. The first-order chi connectivity index (χ1) is 6.97. The maximum absolute atomic E-state index is 5.90. The molecule has 1 rings (SSSR count). The van der Waals surface area contributed by atoms with Gasteiger partial charge in [-0.3, -0.25) is 0 Å². The summed E-state index contributed by atoms with van der Waals surface area (Å²) >= 11 is 16.7. The molecule has 0 saturated heterocycles. The lowest BCUT2D eigenvalue weighted by Crippen LogP contribution is -2.13. The van der Waals surface area contributed by atoms with E-state index in [0.29, 0.717) is 21.0 Å². The molecule has 0 fully saturated rings. The van der Waals surface area contributed by atoms with Gasteiger partial charge < -0.3 is 5.73 Å². The Labute approximate surface area is 106 Å². The van der Waals surface area contributed by atoms with Crippen molar-refractivity contribution < 1.29 is 0 Å². The zero-order chi connectivity index (χ0) is 11.4.